The Balaban J connectivity index is 1.66. The molecule has 0 N–H and O–H groups in total. The predicted molar refractivity (Wildman–Crippen MR) is 127 cm³/mol. The van der Waals surface area contributed by atoms with Crippen molar-refractivity contribution in [1.29, 1.82) is 0 Å². The molecule has 176 valence electrons. The van der Waals surface area contributed by atoms with Crippen molar-refractivity contribution in [1.82, 2.24) is 0 Å². The Morgan fingerprint density at radius 1 is 0.788 bits per heavy atom. The summed E-state index contributed by atoms with van der Waals surface area (Å²) in [6.45, 7) is 8.61. The molecule has 0 aliphatic heterocycles. The molecule has 0 aliphatic carbocycles. The summed E-state index contributed by atoms with van der Waals surface area (Å²) >= 11 is 0. The third-order valence-electron chi connectivity index (χ3n) is 4.55. The maximum Gasteiger partial charge on any atom is 0.338 e. The summed E-state index contributed by atoms with van der Waals surface area (Å²) < 4.78 is 15.9. The third kappa shape index (κ3) is 10.1. The average Bonchev–Trinajstić information content (AvgIpc) is 2.83. The van der Waals surface area contributed by atoms with Gasteiger partial charge in [0.1, 0.15) is 5.75 Å². The van der Waals surface area contributed by atoms with Crippen LogP contribution >= 0.6 is 0 Å². The van der Waals surface area contributed by atoms with E-state index in [-0.39, 0.29) is 11.9 Å². The van der Waals surface area contributed by atoms with Gasteiger partial charge >= 0.3 is 11.9 Å². The van der Waals surface area contributed by atoms with Crippen molar-refractivity contribution in [2.24, 2.45) is 10.2 Å². The highest BCUT2D eigenvalue weighted by molar-refractivity contribution is 5.89. The van der Waals surface area contributed by atoms with Crippen LogP contribution < -0.4 is 4.74 Å². The molecule has 0 spiro atoms. The maximum atomic E-state index is 11.8. The van der Waals surface area contributed by atoms with Crippen molar-refractivity contribution in [3.63, 3.8) is 0 Å². The molecule has 2 aromatic carbocycles. The molecule has 2 aromatic rings. The molecule has 0 radical (unpaired) electrons. The number of rotatable bonds is 14. The van der Waals surface area contributed by atoms with Gasteiger partial charge in [0, 0.05) is 5.57 Å². The van der Waals surface area contributed by atoms with Crippen LogP contribution in [-0.4, -0.2) is 31.8 Å². The molecule has 0 saturated carbocycles. The number of unbranched alkanes of at least 4 members (excludes halogenated alkanes) is 3. The zero-order chi connectivity index (χ0) is 23.9. The van der Waals surface area contributed by atoms with Crippen LogP contribution in [0.3, 0.4) is 0 Å². The lowest BCUT2D eigenvalue weighted by atomic mass is 10.2. The topological polar surface area (TPSA) is 86.5 Å². The van der Waals surface area contributed by atoms with Gasteiger partial charge in [-0.05, 0) is 87.6 Å². The fraction of sp³-hybridized carbons (Fsp3) is 0.385. The van der Waals surface area contributed by atoms with Crippen molar-refractivity contribution in [2.75, 3.05) is 19.8 Å². The van der Waals surface area contributed by atoms with Gasteiger partial charge in [0.25, 0.3) is 0 Å². The van der Waals surface area contributed by atoms with Gasteiger partial charge in [-0.2, -0.15) is 10.2 Å². The van der Waals surface area contributed by atoms with Gasteiger partial charge in [-0.15, -0.1) is 0 Å². The smallest absolute Gasteiger partial charge is 0.338 e. The third-order valence-corrected chi connectivity index (χ3v) is 4.55. The molecular formula is C26H32N2O5. The molecule has 33 heavy (non-hydrogen) atoms. The van der Waals surface area contributed by atoms with Crippen molar-refractivity contribution in [2.45, 2.75) is 46.0 Å². The molecule has 0 atom stereocenters. The van der Waals surface area contributed by atoms with Gasteiger partial charge in [-0.3, -0.25) is 0 Å². The van der Waals surface area contributed by atoms with Gasteiger partial charge in [0.15, 0.2) is 0 Å². The molecule has 0 bridgehead atoms. The molecule has 0 fully saturated rings. The molecule has 7 nitrogen and oxygen atoms in total. The van der Waals surface area contributed by atoms with Gasteiger partial charge in [-0.1, -0.05) is 13.5 Å². The minimum Gasteiger partial charge on any atom is -0.494 e. The zero-order valence-corrected chi connectivity index (χ0v) is 19.4. The van der Waals surface area contributed by atoms with Crippen LogP contribution in [0.5, 0.6) is 5.75 Å². The van der Waals surface area contributed by atoms with Gasteiger partial charge in [-0.25, -0.2) is 9.59 Å². The Morgan fingerprint density at radius 2 is 1.36 bits per heavy atom. The summed E-state index contributed by atoms with van der Waals surface area (Å²) in [5.74, 6) is 0.114. The average molecular weight is 453 g/mol. The van der Waals surface area contributed by atoms with E-state index in [1.165, 1.54) is 0 Å². The molecule has 0 unspecified atom stereocenters. The number of azo groups is 1. The number of esters is 2. The first-order valence-electron chi connectivity index (χ1n) is 11.2. The summed E-state index contributed by atoms with van der Waals surface area (Å²) in [4.78, 5) is 23.1. The Morgan fingerprint density at radius 3 is 1.94 bits per heavy atom. The van der Waals surface area contributed by atoms with E-state index in [2.05, 4.69) is 16.8 Å². The van der Waals surface area contributed by atoms with Crippen LogP contribution in [0.1, 0.15) is 56.3 Å². The highest BCUT2D eigenvalue weighted by Crippen LogP contribution is 2.22. The van der Waals surface area contributed by atoms with Gasteiger partial charge in [0.05, 0.1) is 36.8 Å². The Bertz CT molecular complexity index is 921. The number of nitrogens with zero attached hydrogens (tertiary/aromatic N) is 2. The maximum absolute atomic E-state index is 11.8. The number of carbonyl (C=O) groups is 2. The minimum absolute atomic E-state index is 0.330. The van der Waals surface area contributed by atoms with Crippen LogP contribution in [-0.2, 0) is 14.3 Å². The zero-order valence-electron chi connectivity index (χ0n) is 19.4. The van der Waals surface area contributed by atoms with Crippen molar-refractivity contribution < 1.29 is 23.8 Å². The summed E-state index contributed by atoms with van der Waals surface area (Å²) in [6, 6.07) is 14.2. The SMILES string of the molecule is C=C(C)C(=O)OCCCCCCOc1ccc(N=Nc2ccc(C(=O)OCCC)cc2)cc1. The van der Waals surface area contributed by atoms with Crippen LogP contribution in [0.25, 0.3) is 0 Å². The number of hydrogen-bond acceptors (Lipinski definition) is 7. The minimum atomic E-state index is -0.333. The summed E-state index contributed by atoms with van der Waals surface area (Å²) in [6.07, 6.45) is 4.54. The van der Waals surface area contributed by atoms with E-state index in [4.69, 9.17) is 14.2 Å². The van der Waals surface area contributed by atoms with Gasteiger partial charge < -0.3 is 14.2 Å². The van der Waals surface area contributed by atoms with Crippen molar-refractivity contribution >= 4 is 23.3 Å². The van der Waals surface area contributed by atoms with E-state index in [1.807, 2.05) is 31.2 Å². The fourth-order valence-electron chi connectivity index (χ4n) is 2.70. The Hall–Kier alpha value is -3.48. The fourth-order valence-corrected chi connectivity index (χ4v) is 2.70. The first-order chi connectivity index (χ1) is 16.0. The quantitative estimate of drug-likeness (QED) is 0.137. The first kappa shape index (κ1) is 25.8. The van der Waals surface area contributed by atoms with Crippen molar-refractivity contribution in [3.8, 4) is 5.75 Å². The Kier molecular flexibility index (Phi) is 11.4. The normalized spacial score (nSPS) is 10.7. The van der Waals surface area contributed by atoms with Crippen LogP contribution in [0.2, 0.25) is 0 Å². The molecule has 0 aromatic heterocycles. The molecule has 0 saturated heterocycles. The largest absolute Gasteiger partial charge is 0.494 e. The highest BCUT2D eigenvalue weighted by atomic mass is 16.5. The summed E-state index contributed by atoms with van der Waals surface area (Å²) in [5, 5.41) is 8.41. The van der Waals surface area contributed by atoms with E-state index >= 15 is 0 Å². The number of carbonyl (C=O) groups excluding carboxylic acids is 2. The predicted octanol–water partition coefficient (Wildman–Crippen LogP) is 6.73. The molecule has 0 amide bonds. The number of benzene rings is 2. The molecular weight excluding hydrogens is 420 g/mol. The Labute approximate surface area is 195 Å². The first-order valence-corrected chi connectivity index (χ1v) is 11.2. The lowest BCUT2D eigenvalue weighted by Gasteiger charge is -2.07. The lowest BCUT2D eigenvalue weighted by Crippen LogP contribution is -2.06. The van der Waals surface area contributed by atoms with Crippen LogP contribution in [0.15, 0.2) is 70.9 Å². The molecule has 7 heteroatoms. The van der Waals surface area contributed by atoms with Crippen molar-refractivity contribution in [3.05, 3.63) is 66.2 Å². The van der Waals surface area contributed by atoms with E-state index in [0.29, 0.717) is 42.3 Å². The van der Waals surface area contributed by atoms with E-state index in [1.54, 1.807) is 31.2 Å². The van der Waals surface area contributed by atoms with Gasteiger partial charge in [0.2, 0.25) is 0 Å². The second-order valence-corrected chi connectivity index (χ2v) is 7.56. The monoisotopic (exact) mass is 452 g/mol. The molecule has 0 heterocycles. The van der Waals surface area contributed by atoms with Crippen LogP contribution in [0.4, 0.5) is 11.4 Å². The van der Waals surface area contributed by atoms with E-state index in [9.17, 15) is 9.59 Å². The summed E-state index contributed by atoms with van der Waals surface area (Å²) in [5.41, 5.74) is 2.28. The second-order valence-electron chi connectivity index (χ2n) is 7.56. The standard InChI is InChI=1S/C26H32N2O5/c1-4-17-32-26(30)21-9-11-22(12-10-21)27-28-23-13-15-24(16-14-23)31-18-7-5-6-8-19-33-25(29)20(2)3/h9-16H,2,4-8,17-19H2,1,3H3. The number of hydrogen-bond donors (Lipinski definition) is 0. The summed E-state index contributed by atoms with van der Waals surface area (Å²) in [7, 11) is 0. The molecule has 0 aliphatic rings. The lowest BCUT2D eigenvalue weighted by molar-refractivity contribution is -0.139. The molecule has 2 rings (SSSR count). The number of ether oxygens (including phenoxy) is 3. The van der Waals surface area contributed by atoms with E-state index in [0.717, 1.165) is 37.9 Å². The second kappa shape index (κ2) is 14.6. The highest BCUT2D eigenvalue weighted by Gasteiger charge is 2.06. The van der Waals surface area contributed by atoms with E-state index < -0.39 is 0 Å². The van der Waals surface area contributed by atoms with Crippen LogP contribution in [0, 0.1) is 0 Å².